The van der Waals surface area contributed by atoms with Gasteiger partial charge in [0.05, 0.1) is 11.1 Å². The van der Waals surface area contributed by atoms with Gasteiger partial charge in [0.1, 0.15) is 0 Å². The standard InChI is InChI=1S/C29H34F3N5O3/c30-29(31,32)21-8-5-9-22(18-21)34-28(40)37-16-14-35(15-17-37)25-11-10-23(33-26(38)20-6-1-2-7-20)19-24(25)27(39)36-12-3-4-13-36/h5,8-11,18-20H,1-4,6-7,12-17H2,(H,33,38)(H,34,40). The van der Waals surface area contributed by atoms with Gasteiger partial charge in [0.15, 0.2) is 0 Å². The maximum atomic E-state index is 13.5. The molecule has 2 aliphatic heterocycles. The largest absolute Gasteiger partial charge is 0.416 e. The Labute approximate surface area is 231 Å². The van der Waals surface area contributed by atoms with E-state index in [1.165, 1.54) is 12.1 Å². The first-order chi connectivity index (χ1) is 19.2. The average molecular weight is 558 g/mol. The van der Waals surface area contributed by atoms with Crippen LogP contribution in [-0.4, -0.2) is 66.9 Å². The molecular formula is C29H34F3N5O3. The molecule has 8 nitrogen and oxygen atoms in total. The quantitative estimate of drug-likeness (QED) is 0.514. The number of nitrogens with one attached hydrogen (secondary N) is 2. The Balaban J connectivity index is 1.27. The number of carbonyl (C=O) groups excluding carboxylic acids is 3. The number of hydrogen-bond donors (Lipinski definition) is 2. The fourth-order valence-electron chi connectivity index (χ4n) is 5.71. The number of carbonyl (C=O) groups is 3. The zero-order valence-corrected chi connectivity index (χ0v) is 22.3. The van der Waals surface area contributed by atoms with E-state index in [0.29, 0.717) is 50.5 Å². The SMILES string of the molecule is O=C(Nc1ccc(N2CCN(C(=O)Nc3cccc(C(F)(F)F)c3)CC2)c(C(=O)N2CCCC2)c1)C1CCCC1. The number of halogens is 3. The topological polar surface area (TPSA) is 85.0 Å². The molecule has 3 fully saturated rings. The molecule has 1 aliphatic carbocycles. The molecule has 0 bridgehead atoms. The summed E-state index contributed by atoms with van der Waals surface area (Å²) in [6.07, 6.45) is 1.30. The molecule has 2 aromatic rings. The Kier molecular flexibility index (Phi) is 8.18. The number of anilines is 3. The van der Waals surface area contributed by atoms with E-state index in [-0.39, 0.29) is 23.4 Å². The Hall–Kier alpha value is -3.76. The van der Waals surface area contributed by atoms with Crippen molar-refractivity contribution in [1.29, 1.82) is 0 Å². The van der Waals surface area contributed by atoms with Crippen LogP contribution in [0.15, 0.2) is 42.5 Å². The average Bonchev–Trinajstić information content (AvgIpc) is 3.68. The van der Waals surface area contributed by atoms with E-state index in [0.717, 1.165) is 56.3 Å². The van der Waals surface area contributed by atoms with Gasteiger partial charge in [-0.15, -0.1) is 0 Å². The van der Waals surface area contributed by atoms with Crippen molar-refractivity contribution in [3.63, 3.8) is 0 Å². The minimum atomic E-state index is -4.49. The molecular weight excluding hydrogens is 523 g/mol. The Morgan fingerprint density at radius 3 is 2.10 bits per heavy atom. The van der Waals surface area contributed by atoms with Gasteiger partial charge in [0.2, 0.25) is 5.91 Å². The number of amides is 4. The van der Waals surface area contributed by atoms with Crippen LogP contribution in [0, 0.1) is 5.92 Å². The van der Waals surface area contributed by atoms with Gasteiger partial charge >= 0.3 is 12.2 Å². The molecule has 2 N–H and O–H groups in total. The number of urea groups is 1. The van der Waals surface area contributed by atoms with Crippen LogP contribution < -0.4 is 15.5 Å². The van der Waals surface area contributed by atoms with Crippen LogP contribution in [0.3, 0.4) is 0 Å². The summed E-state index contributed by atoms with van der Waals surface area (Å²) in [4.78, 5) is 44.4. The van der Waals surface area contributed by atoms with Crippen LogP contribution in [-0.2, 0) is 11.0 Å². The minimum Gasteiger partial charge on any atom is -0.367 e. The molecule has 2 heterocycles. The van der Waals surface area contributed by atoms with Gasteiger partial charge in [0, 0.05) is 62.2 Å². The summed E-state index contributed by atoms with van der Waals surface area (Å²) >= 11 is 0. The van der Waals surface area contributed by atoms with Crippen molar-refractivity contribution in [2.45, 2.75) is 44.7 Å². The van der Waals surface area contributed by atoms with Gasteiger partial charge in [-0.2, -0.15) is 13.2 Å². The van der Waals surface area contributed by atoms with E-state index in [4.69, 9.17) is 0 Å². The molecule has 2 saturated heterocycles. The second kappa shape index (κ2) is 11.8. The molecule has 0 unspecified atom stereocenters. The second-order valence-corrected chi connectivity index (χ2v) is 10.7. The number of benzene rings is 2. The highest BCUT2D eigenvalue weighted by Gasteiger charge is 2.31. The van der Waals surface area contributed by atoms with Crippen molar-refractivity contribution in [3.8, 4) is 0 Å². The molecule has 0 aromatic heterocycles. The van der Waals surface area contributed by atoms with Gasteiger partial charge < -0.3 is 25.3 Å². The Bertz CT molecular complexity index is 1250. The lowest BCUT2D eigenvalue weighted by atomic mass is 10.1. The highest BCUT2D eigenvalue weighted by Crippen LogP contribution is 2.32. The highest BCUT2D eigenvalue weighted by molar-refractivity contribution is 6.02. The third-order valence-electron chi connectivity index (χ3n) is 7.96. The molecule has 4 amide bonds. The second-order valence-electron chi connectivity index (χ2n) is 10.7. The molecule has 0 spiro atoms. The summed E-state index contributed by atoms with van der Waals surface area (Å²) < 4.78 is 39.1. The van der Waals surface area contributed by atoms with E-state index in [1.807, 2.05) is 21.9 Å². The van der Waals surface area contributed by atoms with E-state index in [1.54, 1.807) is 11.0 Å². The van der Waals surface area contributed by atoms with Gasteiger partial charge in [-0.1, -0.05) is 18.9 Å². The van der Waals surface area contributed by atoms with Gasteiger partial charge in [-0.05, 0) is 62.1 Å². The van der Waals surface area contributed by atoms with Crippen LogP contribution in [0.1, 0.15) is 54.4 Å². The molecule has 0 atom stereocenters. The first-order valence-corrected chi connectivity index (χ1v) is 13.9. The van der Waals surface area contributed by atoms with Crippen molar-refractivity contribution in [2.24, 2.45) is 5.92 Å². The third kappa shape index (κ3) is 6.34. The smallest absolute Gasteiger partial charge is 0.367 e. The molecule has 3 aliphatic rings. The lowest BCUT2D eigenvalue weighted by Gasteiger charge is -2.37. The fraction of sp³-hybridized carbons (Fsp3) is 0.483. The van der Waals surface area contributed by atoms with Crippen LogP contribution in [0.2, 0.25) is 0 Å². The molecule has 0 radical (unpaired) electrons. The Morgan fingerprint density at radius 2 is 1.43 bits per heavy atom. The summed E-state index contributed by atoms with van der Waals surface area (Å²) in [5.74, 6) is -0.0769. The van der Waals surface area contributed by atoms with Crippen LogP contribution in [0.5, 0.6) is 0 Å². The van der Waals surface area contributed by atoms with E-state index in [9.17, 15) is 27.6 Å². The van der Waals surface area contributed by atoms with Crippen molar-refractivity contribution in [1.82, 2.24) is 9.80 Å². The van der Waals surface area contributed by atoms with Crippen molar-refractivity contribution in [3.05, 3.63) is 53.6 Å². The maximum Gasteiger partial charge on any atom is 0.416 e. The first-order valence-electron chi connectivity index (χ1n) is 13.9. The molecule has 214 valence electrons. The normalized spacial score (nSPS) is 18.2. The number of likely N-dealkylation sites (tertiary alicyclic amines) is 1. The molecule has 5 rings (SSSR count). The van der Waals surface area contributed by atoms with Crippen molar-refractivity contribution >= 4 is 34.9 Å². The van der Waals surface area contributed by atoms with Gasteiger partial charge in [0.25, 0.3) is 5.91 Å². The molecule has 2 aromatic carbocycles. The third-order valence-corrected chi connectivity index (χ3v) is 7.96. The van der Waals surface area contributed by atoms with Gasteiger partial charge in [-0.25, -0.2) is 4.79 Å². The summed E-state index contributed by atoms with van der Waals surface area (Å²) in [6, 6.07) is 9.51. The van der Waals surface area contributed by atoms with Crippen LogP contribution >= 0.6 is 0 Å². The fourth-order valence-corrected chi connectivity index (χ4v) is 5.71. The summed E-state index contributed by atoms with van der Waals surface area (Å²) in [6.45, 7) is 2.96. The lowest BCUT2D eigenvalue weighted by Crippen LogP contribution is -2.50. The monoisotopic (exact) mass is 557 g/mol. The van der Waals surface area contributed by atoms with E-state index >= 15 is 0 Å². The van der Waals surface area contributed by atoms with Crippen molar-refractivity contribution < 1.29 is 27.6 Å². The maximum absolute atomic E-state index is 13.5. The van der Waals surface area contributed by atoms with E-state index < -0.39 is 17.8 Å². The molecule has 1 saturated carbocycles. The van der Waals surface area contributed by atoms with Crippen LogP contribution in [0.4, 0.5) is 35.0 Å². The van der Waals surface area contributed by atoms with Crippen molar-refractivity contribution in [2.75, 3.05) is 54.8 Å². The lowest BCUT2D eigenvalue weighted by molar-refractivity contribution is -0.137. The summed E-state index contributed by atoms with van der Waals surface area (Å²) in [5.41, 5.74) is 1.12. The number of hydrogen-bond acceptors (Lipinski definition) is 4. The number of piperazine rings is 1. The van der Waals surface area contributed by atoms with E-state index in [2.05, 4.69) is 10.6 Å². The molecule has 40 heavy (non-hydrogen) atoms. The van der Waals surface area contributed by atoms with Gasteiger partial charge in [-0.3, -0.25) is 9.59 Å². The number of alkyl halides is 3. The summed E-state index contributed by atoms with van der Waals surface area (Å²) in [5, 5.41) is 5.56. The predicted molar refractivity (Wildman–Crippen MR) is 146 cm³/mol. The zero-order valence-electron chi connectivity index (χ0n) is 22.3. The summed E-state index contributed by atoms with van der Waals surface area (Å²) in [7, 11) is 0. The zero-order chi connectivity index (χ0) is 28.3. The molecule has 11 heteroatoms. The van der Waals surface area contributed by atoms with Crippen LogP contribution in [0.25, 0.3) is 0 Å². The predicted octanol–water partition coefficient (Wildman–Crippen LogP) is 5.42. The minimum absolute atomic E-state index is 0.00701. The highest BCUT2D eigenvalue weighted by atomic mass is 19.4. The number of nitrogens with zero attached hydrogens (tertiary/aromatic N) is 3. The number of rotatable bonds is 5. The Morgan fingerprint density at radius 1 is 0.750 bits per heavy atom. The first kappa shape index (κ1) is 27.8.